The van der Waals surface area contributed by atoms with Gasteiger partial charge in [-0.3, -0.25) is 0 Å². The maximum absolute atomic E-state index is 4.80. The van der Waals surface area contributed by atoms with Gasteiger partial charge in [0.1, 0.15) is 12.4 Å². The number of nitrogens with zero attached hydrogens (tertiary/aromatic N) is 4. The van der Waals surface area contributed by atoms with Gasteiger partial charge in [0.25, 0.3) is 0 Å². The van der Waals surface area contributed by atoms with Crippen LogP contribution in [-0.2, 0) is 19.0 Å². The number of nitrogens with one attached hydrogen (secondary N) is 2. The predicted octanol–water partition coefficient (Wildman–Crippen LogP) is 3.47. The third-order valence-corrected chi connectivity index (χ3v) is 5.93. The van der Waals surface area contributed by atoms with Crippen LogP contribution in [0.4, 0.5) is 0 Å². The maximum Gasteiger partial charge on any atom is 0.191 e. The molecule has 0 spiro atoms. The lowest BCUT2D eigenvalue weighted by atomic mass is 9.79. The van der Waals surface area contributed by atoms with Gasteiger partial charge >= 0.3 is 0 Å². The van der Waals surface area contributed by atoms with Gasteiger partial charge in [-0.15, -0.1) is 10.2 Å². The number of aliphatic imine (C=N–C) groups is 1. The van der Waals surface area contributed by atoms with E-state index in [2.05, 4.69) is 58.1 Å². The Balaban J connectivity index is 1.71. The molecule has 6 nitrogen and oxygen atoms in total. The molecule has 2 aromatic rings. The van der Waals surface area contributed by atoms with Gasteiger partial charge in [-0.05, 0) is 31.7 Å². The van der Waals surface area contributed by atoms with E-state index in [1.807, 2.05) is 18.5 Å². The molecule has 2 N–H and O–H groups in total. The second-order valence-electron chi connectivity index (χ2n) is 7.87. The number of unbranched alkanes of at least 4 members (excludes halogenated alkanes) is 1. The second kappa shape index (κ2) is 9.71. The monoisotopic (exact) mass is 382 g/mol. The highest BCUT2D eigenvalue weighted by molar-refractivity contribution is 5.79. The van der Waals surface area contributed by atoms with E-state index in [0.717, 1.165) is 43.5 Å². The van der Waals surface area contributed by atoms with Crippen molar-refractivity contribution in [1.29, 1.82) is 0 Å². The Morgan fingerprint density at radius 1 is 1.14 bits per heavy atom. The molecule has 1 aromatic carbocycles. The number of aryl methyl sites for hydroxylation is 1. The largest absolute Gasteiger partial charge is 0.356 e. The fourth-order valence-corrected chi connectivity index (χ4v) is 3.96. The molecular formula is C22H34N6. The quantitative estimate of drug-likeness (QED) is 0.417. The Bertz CT molecular complexity index is 759. The molecule has 1 aliphatic rings. The molecule has 1 saturated carbocycles. The zero-order valence-corrected chi connectivity index (χ0v) is 17.5. The SMILES string of the molecule is CCCCNC(=NCc1nnc(C)n1C)NCC1(c2ccccc2)CCCC1. The summed E-state index contributed by atoms with van der Waals surface area (Å²) in [6.07, 6.45) is 7.35. The smallest absolute Gasteiger partial charge is 0.191 e. The van der Waals surface area contributed by atoms with Gasteiger partial charge in [-0.1, -0.05) is 56.5 Å². The summed E-state index contributed by atoms with van der Waals surface area (Å²) in [6.45, 7) is 6.53. The van der Waals surface area contributed by atoms with Crippen LogP contribution in [0.2, 0.25) is 0 Å². The number of aromatic nitrogens is 3. The minimum absolute atomic E-state index is 0.204. The van der Waals surface area contributed by atoms with Crippen LogP contribution < -0.4 is 10.6 Å². The number of benzene rings is 1. The Labute approximate surface area is 168 Å². The van der Waals surface area contributed by atoms with Crippen molar-refractivity contribution in [3.8, 4) is 0 Å². The van der Waals surface area contributed by atoms with E-state index in [-0.39, 0.29) is 5.41 Å². The van der Waals surface area contributed by atoms with Gasteiger partial charge in [-0.2, -0.15) is 0 Å². The molecule has 1 fully saturated rings. The molecule has 0 atom stereocenters. The van der Waals surface area contributed by atoms with E-state index in [9.17, 15) is 0 Å². The van der Waals surface area contributed by atoms with Crippen LogP contribution in [0, 0.1) is 6.92 Å². The van der Waals surface area contributed by atoms with Crippen LogP contribution in [0.3, 0.4) is 0 Å². The molecule has 0 aliphatic heterocycles. The third-order valence-electron chi connectivity index (χ3n) is 5.93. The standard InChI is InChI=1S/C22H34N6/c1-4-5-15-23-21(24-16-20-27-26-18(2)28(20)3)25-17-22(13-9-10-14-22)19-11-7-6-8-12-19/h6-8,11-12H,4-5,9-10,13-17H2,1-3H3,(H2,23,24,25). The second-order valence-corrected chi connectivity index (χ2v) is 7.87. The first kappa shape index (κ1) is 20.4. The lowest BCUT2D eigenvalue weighted by Gasteiger charge is -2.31. The third kappa shape index (κ3) is 4.91. The highest BCUT2D eigenvalue weighted by atomic mass is 15.3. The van der Waals surface area contributed by atoms with Gasteiger partial charge < -0.3 is 15.2 Å². The van der Waals surface area contributed by atoms with Crippen molar-refractivity contribution in [3.63, 3.8) is 0 Å². The summed E-state index contributed by atoms with van der Waals surface area (Å²) >= 11 is 0. The van der Waals surface area contributed by atoms with Crippen LogP contribution in [0.15, 0.2) is 35.3 Å². The van der Waals surface area contributed by atoms with Crippen LogP contribution in [0.5, 0.6) is 0 Å². The van der Waals surface area contributed by atoms with Gasteiger partial charge in [0.15, 0.2) is 11.8 Å². The van der Waals surface area contributed by atoms with Crippen molar-refractivity contribution in [2.45, 2.75) is 64.3 Å². The van der Waals surface area contributed by atoms with Crippen molar-refractivity contribution >= 4 is 5.96 Å². The van der Waals surface area contributed by atoms with Crippen molar-refractivity contribution < 1.29 is 0 Å². The Hall–Kier alpha value is -2.37. The molecule has 1 aliphatic carbocycles. The normalized spacial score (nSPS) is 16.3. The van der Waals surface area contributed by atoms with Crippen molar-refractivity contribution in [3.05, 3.63) is 47.5 Å². The fraction of sp³-hybridized carbons (Fsp3) is 0.591. The Kier molecular flexibility index (Phi) is 7.06. The zero-order chi connectivity index (χ0) is 19.8. The molecule has 0 unspecified atom stereocenters. The summed E-state index contributed by atoms with van der Waals surface area (Å²) < 4.78 is 2.00. The summed E-state index contributed by atoms with van der Waals surface area (Å²) in [5.74, 6) is 2.66. The zero-order valence-electron chi connectivity index (χ0n) is 17.5. The first-order valence-electron chi connectivity index (χ1n) is 10.6. The van der Waals surface area contributed by atoms with Gasteiger partial charge in [0.2, 0.25) is 0 Å². The highest BCUT2D eigenvalue weighted by Gasteiger charge is 2.35. The first-order valence-corrected chi connectivity index (χ1v) is 10.6. The van der Waals surface area contributed by atoms with Crippen LogP contribution >= 0.6 is 0 Å². The van der Waals surface area contributed by atoms with Crippen molar-refractivity contribution in [2.75, 3.05) is 13.1 Å². The van der Waals surface area contributed by atoms with E-state index >= 15 is 0 Å². The molecule has 6 heteroatoms. The minimum atomic E-state index is 0.204. The average molecular weight is 383 g/mol. The number of guanidine groups is 1. The Morgan fingerprint density at radius 2 is 1.89 bits per heavy atom. The first-order chi connectivity index (χ1) is 13.6. The Morgan fingerprint density at radius 3 is 2.54 bits per heavy atom. The van der Waals surface area contributed by atoms with Gasteiger partial charge in [0.05, 0.1) is 0 Å². The van der Waals surface area contributed by atoms with Gasteiger partial charge in [0, 0.05) is 25.6 Å². The molecule has 0 bridgehead atoms. The van der Waals surface area contributed by atoms with E-state index < -0.39 is 0 Å². The van der Waals surface area contributed by atoms with E-state index in [4.69, 9.17) is 4.99 Å². The van der Waals surface area contributed by atoms with Crippen molar-refractivity contribution in [2.24, 2.45) is 12.0 Å². The summed E-state index contributed by atoms with van der Waals surface area (Å²) in [7, 11) is 1.99. The van der Waals surface area contributed by atoms with Crippen LogP contribution in [-0.4, -0.2) is 33.8 Å². The van der Waals surface area contributed by atoms with E-state index in [0.29, 0.717) is 6.54 Å². The lowest BCUT2D eigenvalue weighted by Crippen LogP contribution is -2.45. The fourth-order valence-electron chi connectivity index (χ4n) is 3.96. The molecule has 1 heterocycles. The number of rotatable bonds is 8. The van der Waals surface area contributed by atoms with E-state index in [1.165, 1.54) is 31.2 Å². The maximum atomic E-state index is 4.80. The number of hydrogen-bond acceptors (Lipinski definition) is 3. The molecule has 0 saturated heterocycles. The molecule has 0 radical (unpaired) electrons. The topological polar surface area (TPSA) is 67.1 Å². The lowest BCUT2D eigenvalue weighted by molar-refractivity contribution is 0.431. The molecule has 28 heavy (non-hydrogen) atoms. The summed E-state index contributed by atoms with van der Waals surface area (Å²) in [5, 5.41) is 15.5. The molecule has 3 rings (SSSR count). The van der Waals surface area contributed by atoms with Crippen molar-refractivity contribution in [1.82, 2.24) is 25.4 Å². The summed E-state index contributed by atoms with van der Waals surface area (Å²) in [5.41, 5.74) is 1.65. The minimum Gasteiger partial charge on any atom is -0.356 e. The molecule has 152 valence electrons. The van der Waals surface area contributed by atoms with Gasteiger partial charge in [-0.25, -0.2) is 4.99 Å². The molecular weight excluding hydrogens is 348 g/mol. The highest BCUT2D eigenvalue weighted by Crippen LogP contribution is 2.40. The molecule has 0 amide bonds. The average Bonchev–Trinajstić information content (AvgIpc) is 3.33. The van der Waals surface area contributed by atoms with Crippen LogP contribution in [0.1, 0.15) is 62.7 Å². The van der Waals surface area contributed by atoms with Crippen LogP contribution in [0.25, 0.3) is 0 Å². The summed E-state index contributed by atoms with van der Waals surface area (Å²) in [4.78, 5) is 4.80. The molecule has 1 aromatic heterocycles. The summed E-state index contributed by atoms with van der Waals surface area (Å²) in [6, 6.07) is 11.0. The predicted molar refractivity (Wildman–Crippen MR) is 114 cm³/mol. The number of hydrogen-bond donors (Lipinski definition) is 2. The van der Waals surface area contributed by atoms with E-state index in [1.54, 1.807) is 0 Å².